The predicted octanol–water partition coefficient (Wildman–Crippen LogP) is 1.23. The molecule has 0 heterocycles. The lowest BCUT2D eigenvalue weighted by Gasteiger charge is -2.20. The number of carbonyl (C=O) groups is 1. The number of aryl methyl sites for hydroxylation is 1. The Hall–Kier alpha value is -1.51. The summed E-state index contributed by atoms with van der Waals surface area (Å²) in [6, 6.07) is 1.93. The molecule has 118 valence electrons. The number of nitrogens with zero attached hydrogens (tertiary/aromatic N) is 1. The number of hydrogen-bond donors (Lipinski definition) is 2. The van der Waals surface area contributed by atoms with Crippen molar-refractivity contribution in [3.05, 3.63) is 29.1 Å². The van der Waals surface area contributed by atoms with Crippen molar-refractivity contribution in [2.75, 3.05) is 19.7 Å². The molecule has 2 N–H and O–H groups in total. The molecule has 0 saturated carbocycles. The van der Waals surface area contributed by atoms with E-state index in [9.17, 15) is 17.6 Å². The maximum absolute atomic E-state index is 13.7. The van der Waals surface area contributed by atoms with Crippen LogP contribution < -0.4 is 0 Å². The van der Waals surface area contributed by atoms with Crippen LogP contribution in [0, 0.1) is 12.7 Å². The highest BCUT2D eigenvalue weighted by Gasteiger charge is 2.26. The minimum atomic E-state index is -3.93. The SMILES string of the molecule is CCN(CCCO)S(=O)(=O)c1cc(C)c(F)c(C(=O)O)c1. The van der Waals surface area contributed by atoms with Gasteiger partial charge in [0.1, 0.15) is 5.82 Å². The van der Waals surface area contributed by atoms with Gasteiger partial charge in [0.05, 0.1) is 10.5 Å². The zero-order chi connectivity index (χ0) is 16.2. The molecule has 0 bridgehead atoms. The summed E-state index contributed by atoms with van der Waals surface area (Å²) in [6.45, 7) is 3.05. The first-order valence-corrected chi connectivity index (χ1v) is 7.84. The molecule has 0 aliphatic rings. The van der Waals surface area contributed by atoms with Crippen LogP contribution in [0.4, 0.5) is 4.39 Å². The standard InChI is InChI=1S/C13H18FNO5S/c1-3-15(5-4-6-16)21(19,20)10-7-9(2)12(14)11(8-10)13(17)18/h7-8,16H,3-6H2,1-2H3,(H,17,18). The smallest absolute Gasteiger partial charge is 0.338 e. The van der Waals surface area contributed by atoms with Gasteiger partial charge in [0.2, 0.25) is 10.0 Å². The van der Waals surface area contributed by atoms with Crippen molar-refractivity contribution >= 4 is 16.0 Å². The number of halogens is 1. The summed E-state index contributed by atoms with van der Waals surface area (Å²) < 4.78 is 39.7. The predicted molar refractivity (Wildman–Crippen MR) is 74.2 cm³/mol. The summed E-state index contributed by atoms with van der Waals surface area (Å²) in [4.78, 5) is 10.7. The largest absolute Gasteiger partial charge is 0.478 e. The van der Waals surface area contributed by atoms with E-state index in [4.69, 9.17) is 10.2 Å². The molecule has 0 atom stereocenters. The number of carboxylic acid groups (broad SMARTS) is 1. The van der Waals surface area contributed by atoms with Gasteiger partial charge in [0, 0.05) is 19.7 Å². The summed E-state index contributed by atoms with van der Waals surface area (Å²) in [5, 5.41) is 17.7. The topological polar surface area (TPSA) is 94.9 Å². The molecule has 1 aromatic rings. The second-order valence-electron chi connectivity index (χ2n) is 4.48. The van der Waals surface area contributed by atoms with Crippen LogP contribution in [-0.4, -0.2) is 48.6 Å². The Balaban J connectivity index is 3.34. The van der Waals surface area contributed by atoms with Crippen molar-refractivity contribution in [3.63, 3.8) is 0 Å². The van der Waals surface area contributed by atoms with Gasteiger partial charge in [0.15, 0.2) is 0 Å². The summed E-state index contributed by atoms with van der Waals surface area (Å²) >= 11 is 0. The summed E-state index contributed by atoms with van der Waals surface area (Å²) in [5.41, 5.74) is -0.724. The molecule has 0 fully saturated rings. The average molecular weight is 319 g/mol. The Morgan fingerprint density at radius 3 is 2.48 bits per heavy atom. The number of benzene rings is 1. The molecule has 0 radical (unpaired) electrons. The second kappa shape index (κ2) is 6.97. The third-order valence-corrected chi connectivity index (χ3v) is 4.97. The quantitative estimate of drug-likeness (QED) is 0.788. The Kier molecular flexibility index (Phi) is 5.82. The molecule has 0 aliphatic heterocycles. The minimum absolute atomic E-state index is 0.0494. The molecule has 0 unspecified atom stereocenters. The van der Waals surface area contributed by atoms with E-state index < -0.39 is 27.4 Å². The van der Waals surface area contributed by atoms with E-state index >= 15 is 0 Å². The lowest BCUT2D eigenvalue weighted by atomic mass is 10.1. The van der Waals surface area contributed by atoms with Gasteiger partial charge in [-0.05, 0) is 31.0 Å². The van der Waals surface area contributed by atoms with Gasteiger partial charge in [-0.15, -0.1) is 0 Å². The molecule has 1 rings (SSSR count). The Bertz CT molecular complexity index is 630. The van der Waals surface area contributed by atoms with Crippen LogP contribution in [0.1, 0.15) is 29.3 Å². The number of carboxylic acids is 1. The van der Waals surface area contributed by atoms with Gasteiger partial charge in [-0.1, -0.05) is 6.92 Å². The molecular formula is C13H18FNO5S. The lowest BCUT2D eigenvalue weighted by Crippen LogP contribution is -2.32. The van der Waals surface area contributed by atoms with Crippen LogP contribution in [-0.2, 0) is 10.0 Å². The van der Waals surface area contributed by atoms with Crippen LogP contribution in [0.3, 0.4) is 0 Å². The van der Waals surface area contributed by atoms with E-state index in [1.54, 1.807) is 6.92 Å². The van der Waals surface area contributed by atoms with Gasteiger partial charge in [-0.25, -0.2) is 17.6 Å². The molecule has 0 amide bonds. The Morgan fingerprint density at radius 1 is 1.38 bits per heavy atom. The van der Waals surface area contributed by atoms with Crippen molar-refractivity contribution in [1.29, 1.82) is 0 Å². The fourth-order valence-corrected chi connectivity index (χ4v) is 3.49. The fourth-order valence-electron chi connectivity index (χ4n) is 1.89. The summed E-state index contributed by atoms with van der Waals surface area (Å²) in [5.74, 6) is -2.47. The first-order valence-electron chi connectivity index (χ1n) is 6.40. The van der Waals surface area contributed by atoms with Gasteiger partial charge in [-0.2, -0.15) is 4.31 Å². The number of sulfonamides is 1. The minimum Gasteiger partial charge on any atom is -0.478 e. The van der Waals surface area contributed by atoms with E-state index in [1.807, 2.05) is 0 Å². The molecule has 8 heteroatoms. The molecule has 6 nitrogen and oxygen atoms in total. The van der Waals surface area contributed by atoms with Crippen molar-refractivity contribution < 1.29 is 27.8 Å². The monoisotopic (exact) mass is 319 g/mol. The molecule has 0 spiro atoms. The van der Waals surface area contributed by atoms with Crippen LogP contribution in [0.5, 0.6) is 0 Å². The average Bonchev–Trinajstić information content (AvgIpc) is 2.41. The first kappa shape index (κ1) is 17.5. The van der Waals surface area contributed by atoms with E-state index in [1.165, 1.54) is 6.92 Å². The molecule has 0 saturated heterocycles. The Labute approximate surface area is 122 Å². The third kappa shape index (κ3) is 3.78. The van der Waals surface area contributed by atoms with Gasteiger partial charge < -0.3 is 10.2 Å². The fraction of sp³-hybridized carbons (Fsp3) is 0.462. The highest BCUT2D eigenvalue weighted by Crippen LogP contribution is 2.22. The molecule has 0 aliphatic carbocycles. The number of hydrogen-bond acceptors (Lipinski definition) is 4. The van der Waals surface area contributed by atoms with E-state index in [-0.39, 0.29) is 36.6 Å². The van der Waals surface area contributed by atoms with E-state index in [2.05, 4.69) is 0 Å². The van der Waals surface area contributed by atoms with E-state index in [0.717, 1.165) is 16.4 Å². The lowest BCUT2D eigenvalue weighted by molar-refractivity contribution is 0.0691. The second-order valence-corrected chi connectivity index (χ2v) is 6.42. The Morgan fingerprint density at radius 2 is 2.00 bits per heavy atom. The normalized spacial score (nSPS) is 11.9. The van der Waals surface area contributed by atoms with E-state index in [0.29, 0.717) is 0 Å². The molecule has 0 aromatic heterocycles. The molecule has 21 heavy (non-hydrogen) atoms. The van der Waals surface area contributed by atoms with Crippen LogP contribution in [0.2, 0.25) is 0 Å². The van der Waals surface area contributed by atoms with Gasteiger partial charge in [0.25, 0.3) is 0 Å². The molecular weight excluding hydrogens is 301 g/mol. The summed E-state index contributed by atoms with van der Waals surface area (Å²) in [6.07, 6.45) is 0.263. The van der Waals surface area contributed by atoms with Crippen molar-refractivity contribution in [3.8, 4) is 0 Å². The zero-order valence-corrected chi connectivity index (χ0v) is 12.7. The highest BCUT2D eigenvalue weighted by molar-refractivity contribution is 7.89. The third-order valence-electron chi connectivity index (χ3n) is 3.01. The maximum Gasteiger partial charge on any atom is 0.338 e. The zero-order valence-electron chi connectivity index (χ0n) is 11.8. The van der Waals surface area contributed by atoms with Crippen molar-refractivity contribution in [2.45, 2.75) is 25.2 Å². The maximum atomic E-state index is 13.7. The first-order chi connectivity index (χ1) is 9.75. The number of aromatic carboxylic acids is 1. The van der Waals surface area contributed by atoms with Gasteiger partial charge >= 0.3 is 5.97 Å². The number of rotatable bonds is 7. The van der Waals surface area contributed by atoms with Gasteiger partial charge in [-0.3, -0.25) is 0 Å². The molecule has 1 aromatic carbocycles. The number of aliphatic hydroxyl groups excluding tert-OH is 1. The van der Waals surface area contributed by atoms with Crippen molar-refractivity contribution in [1.82, 2.24) is 4.31 Å². The van der Waals surface area contributed by atoms with Crippen LogP contribution >= 0.6 is 0 Å². The van der Waals surface area contributed by atoms with Crippen molar-refractivity contribution in [2.24, 2.45) is 0 Å². The van der Waals surface area contributed by atoms with Crippen LogP contribution in [0.25, 0.3) is 0 Å². The highest BCUT2D eigenvalue weighted by atomic mass is 32.2. The van der Waals surface area contributed by atoms with Crippen LogP contribution in [0.15, 0.2) is 17.0 Å². The summed E-state index contributed by atoms with van der Waals surface area (Å²) in [7, 11) is -3.93. The number of aliphatic hydroxyl groups is 1.